The van der Waals surface area contributed by atoms with Gasteiger partial charge >= 0.3 is 0 Å². The van der Waals surface area contributed by atoms with Gasteiger partial charge in [0.05, 0.1) is 0 Å². The number of H-pyrrole nitrogens is 1. The number of nitrogens with one attached hydrogen (secondary N) is 2. The predicted molar refractivity (Wildman–Crippen MR) is 101 cm³/mol. The first-order valence-corrected chi connectivity index (χ1v) is 8.32. The molecule has 1 heterocycles. The van der Waals surface area contributed by atoms with Crippen molar-refractivity contribution >= 4 is 22.9 Å². The van der Waals surface area contributed by atoms with Crippen molar-refractivity contribution in [2.24, 2.45) is 0 Å². The van der Waals surface area contributed by atoms with Gasteiger partial charge in [-0.15, -0.1) is 0 Å². The molecule has 0 aliphatic rings. The Bertz CT molecular complexity index is 972. The highest BCUT2D eigenvalue weighted by Gasteiger charge is 2.09. The van der Waals surface area contributed by atoms with E-state index in [1.165, 1.54) is 0 Å². The molecule has 0 fully saturated rings. The van der Waals surface area contributed by atoms with Crippen LogP contribution in [0.1, 0.15) is 24.5 Å². The molecule has 0 aliphatic carbocycles. The van der Waals surface area contributed by atoms with Crippen LogP contribution in [0.5, 0.6) is 0 Å². The zero-order valence-corrected chi connectivity index (χ0v) is 14.1. The highest BCUT2D eigenvalue weighted by Crippen LogP contribution is 2.12. The second kappa shape index (κ2) is 7.62. The molecule has 0 atom stereocenters. The Labute approximate surface area is 146 Å². The number of hydrogen-bond donors (Lipinski definition) is 2. The van der Waals surface area contributed by atoms with Crippen LogP contribution in [0.15, 0.2) is 71.0 Å². The second-order valence-electron chi connectivity index (χ2n) is 5.83. The Kier molecular flexibility index (Phi) is 5.09. The molecule has 2 aromatic carbocycles. The normalized spacial score (nSPS) is 11.5. The summed E-state index contributed by atoms with van der Waals surface area (Å²) < 4.78 is 0. The fraction of sp³-hybridized carbons (Fsp3) is 0.143. The maximum absolute atomic E-state index is 12.4. The number of carbonyl (C=O) groups is 1. The molecule has 3 aromatic rings. The molecule has 0 saturated carbocycles. The van der Waals surface area contributed by atoms with Crippen LogP contribution in [-0.2, 0) is 11.3 Å². The summed E-state index contributed by atoms with van der Waals surface area (Å²) in [6.07, 6.45) is 2.49. The monoisotopic (exact) mass is 332 g/mol. The predicted octanol–water partition coefficient (Wildman–Crippen LogP) is 3.64. The van der Waals surface area contributed by atoms with Gasteiger partial charge in [-0.2, -0.15) is 0 Å². The lowest BCUT2D eigenvalue weighted by Crippen LogP contribution is -2.27. The van der Waals surface area contributed by atoms with E-state index in [9.17, 15) is 9.59 Å². The van der Waals surface area contributed by atoms with Gasteiger partial charge in [-0.25, -0.2) is 0 Å². The van der Waals surface area contributed by atoms with Crippen LogP contribution < -0.4 is 10.9 Å². The number of fused-ring (bicyclic) bond motifs is 1. The molecule has 0 radical (unpaired) electrons. The molecule has 0 spiro atoms. The fourth-order valence-electron chi connectivity index (χ4n) is 2.69. The van der Waals surface area contributed by atoms with Gasteiger partial charge in [0.15, 0.2) is 0 Å². The van der Waals surface area contributed by atoms with Crippen molar-refractivity contribution in [3.63, 3.8) is 0 Å². The van der Waals surface area contributed by atoms with Crippen molar-refractivity contribution in [2.45, 2.75) is 19.9 Å². The van der Waals surface area contributed by atoms with Gasteiger partial charge in [-0.1, -0.05) is 55.5 Å². The second-order valence-corrected chi connectivity index (χ2v) is 5.83. The molecule has 4 nitrogen and oxygen atoms in total. The molecule has 0 saturated heterocycles. The Morgan fingerprint density at radius 1 is 1.08 bits per heavy atom. The zero-order chi connectivity index (χ0) is 17.6. The van der Waals surface area contributed by atoms with E-state index in [4.69, 9.17) is 0 Å². The summed E-state index contributed by atoms with van der Waals surface area (Å²) in [6.45, 7) is 2.14. The average Bonchev–Trinajstić information content (AvgIpc) is 2.65. The molecule has 4 heteroatoms. The van der Waals surface area contributed by atoms with Gasteiger partial charge < -0.3 is 10.3 Å². The van der Waals surface area contributed by atoms with Crippen molar-refractivity contribution in [2.75, 3.05) is 0 Å². The van der Waals surface area contributed by atoms with Crippen LogP contribution in [0.3, 0.4) is 0 Å². The largest absolute Gasteiger partial charge is 0.348 e. The molecule has 0 bridgehead atoms. The summed E-state index contributed by atoms with van der Waals surface area (Å²) in [5.74, 6) is -0.154. The number of carbonyl (C=O) groups excluding carboxylic acids is 1. The third kappa shape index (κ3) is 4.04. The highest BCUT2D eigenvalue weighted by molar-refractivity contribution is 5.97. The Morgan fingerprint density at radius 3 is 2.56 bits per heavy atom. The van der Waals surface area contributed by atoms with Gasteiger partial charge in [0.2, 0.25) is 5.91 Å². The molecule has 1 amide bonds. The van der Waals surface area contributed by atoms with Gasteiger partial charge in [0.25, 0.3) is 5.56 Å². The molecule has 25 heavy (non-hydrogen) atoms. The van der Waals surface area contributed by atoms with Gasteiger partial charge in [0, 0.05) is 23.2 Å². The van der Waals surface area contributed by atoms with Crippen molar-refractivity contribution < 1.29 is 4.79 Å². The minimum Gasteiger partial charge on any atom is -0.348 e. The summed E-state index contributed by atoms with van der Waals surface area (Å²) in [4.78, 5) is 27.4. The first-order chi connectivity index (χ1) is 12.2. The standard InChI is InChI=1S/C21H20N2O2/c1-2-16(12-15-8-4-3-5-9-15)20(24)22-14-18-13-17-10-6-7-11-19(17)23-21(18)25/h3-13H,2,14H2,1H3,(H,22,24)(H,23,25)/b16-12+. The van der Waals surface area contributed by atoms with E-state index in [-0.39, 0.29) is 18.0 Å². The molecular weight excluding hydrogens is 312 g/mol. The van der Waals surface area contributed by atoms with Gasteiger partial charge in [0.1, 0.15) is 0 Å². The number of para-hydroxylation sites is 1. The Hall–Kier alpha value is -3.14. The van der Waals surface area contributed by atoms with E-state index < -0.39 is 0 Å². The number of aromatic amines is 1. The van der Waals surface area contributed by atoms with Gasteiger partial charge in [-0.05, 0) is 35.6 Å². The number of hydrogen-bond acceptors (Lipinski definition) is 2. The van der Waals surface area contributed by atoms with Crippen LogP contribution >= 0.6 is 0 Å². The number of amides is 1. The third-order valence-electron chi connectivity index (χ3n) is 4.08. The summed E-state index contributed by atoms with van der Waals surface area (Å²) in [5, 5.41) is 3.79. The van der Waals surface area contributed by atoms with E-state index in [0.717, 1.165) is 16.5 Å². The van der Waals surface area contributed by atoms with Crippen LogP contribution in [0.4, 0.5) is 0 Å². The van der Waals surface area contributed by atoms with Crippen LogP contribution in [0.2, 0.25) is 0 Å². The van der Waals surface area contributed by atoms with Crippen molar-refractivity contribution in [1.82, 2.24) is 10.3 Å². The summed E-state index contributed by atoms with van der Waals surface area (Å²) in [5.41, 5.74) is 2.83. The minimum atomic E-state index is -0.177. The number of rotatable bonds is 5. The number of aromatic nitrogens is 1. The van der Waals surface area contributed by atoms with E-state index in [1.807, 2.05) is 73.7 Å². The molecule has 1 aromatic heterocycles. The zero-order valence-electron chi connectivity index (χ0n) is 14.1. The van der Waals surface area contributed by atoms with Crippen molar-refractivity contribution in [3.05, 3.63) is 87.7 Å². The van der Waals surface area contributed by atoms with E-state index >= 15 is 0 Å². The van der Waals surface area contributed by atoms with Crippen LogP contribution in [0.25, 0.3) is 17.0 Å². The van der Waals surface area contributed by atoms with Crippen molar-refractivity contribution in [3.8, 4) is 0 Å². The molecule has 0 aliphatic heterocycles. The molecule has 2 N–H and O–H groups in total. The first-order valence-electron chi connectivity index (χ1n) is 8.32. The maximum atomic E-state index is 12.4. The summed E-state index contributed by atoms with van der Waals surface area (Å²) in [6, 6.07) is 19.1. The smallest absolute Gasteiger partial charge is 0.253 e. The van der Waals surface area contributed by atoms with Crippen LogP contribution in [-0.4, -0.2) is 10.9 Å². The lowest BCUT2D eigenvalue weighted by molar-refractivity contribution is -0.117. The Morgan fingerprint density at radius 2 is 1.80 bits per heavy atom. The lowest BCUT2D eigenvalue weighted by Gasteiger charge is -2.08. The van der Waals surface area contributed by atoms with Gasteiger partial charge in [-0.3, -0.25) is 9.59 Å². The third-order valence-corrected chi connectivity index (χ3v) is 4.08. The summed E-state index contributed by atoms with van der Waals surface area (Å²) in [7, 11) is 0. The van der Waals surface area contributed by atoms with Crippen LogP contribution in [0, 0.1) is 0 Å². The molecule has 0 unspecified atom stereocenters. The topological polar surface area (TPSA) is 62.0 Å². The fourth-order valence-corrected chi connectivity index (χ4v) is 2.69. The van der Waals surface area contributed by atoms with E-state index in [0.29, 0.717) is 17.6 Å². The molecule has 3 rings (SSSR count). The Balaban J connectivity index is 1.76. The first kappa shape index (κ1) is 16.7. The SMILES string of the molecule is CC/C(=C\c1ccccc1)C(=O)NCc1cc2ccccc2[nH]c1=O. The van der Waals surface area contributed by atoms with E-state index in [2.05, 4.69) is 10.3 Å². The average molecular weight is 332 g/mol. The maximum Gasteiger partial charge on any atom is 0.253 e. The lowest BCUT2D eigenvalue weighted by atomic mass is 10.1. The van der Waals surface area contributed by atoms with Crippen molar-refractivity contribution in [1.29, 1.82) is 0 Å². The molecule has 126 valence electrons. The minimum absolute atomic E-state index is 0.154. The quantitative estimate of drug-likeness (QED) is 0.701. The summed E-state index contributed by atoms with van der Waals surface area (Å²) >= 11 is 0. The number of benzene rings is 2. The highest BCUT2D eigenvalue weighted by atomic mass is 16.1. The number of pyridine rings is 1. The molecular formula is C21H20N2O2. The van der Waals surface area contributed by atoms with E-state index in [1.54, 1.807) is 0 Å².